The Morgan fingerprint density at radius 2 is 2.16 bits per heavy atom. The van der Waals surface area contributed by atoms with Crippen LogP contribution in [0.4, 0.5) is 5.69 Å². The van der Waals surface area contributed by atoms with Crippen LogP contribution in [0.5, 0.6) is 0 Å². The molecule has 0 unspecified atom stereocenters. The Kier molecular flexibility index (Phi) is 3.94. The molecule has 1 amide bonds. The lowest BCUT2D eigenvalue weighted by Crippen LogP contribution is -2.14. The van der Waals surface area contributed by atoms with Gasteiger partial charge in [-0.15, -0.1) is 5.10 Å². The first kappa shape index (κ1) is 14.1. The van der Waals surface area contributed by atoms with Gasteiger partial charge in [0.25, 0.3) is 5.91 Å². The quantitative estimate of drug-likeness (QED) is 0.850. The summed E-state index contributed by atoms with van der Waals surface area (Å²) < 4.78 is 26.3. The van der Waals surface area contributed by atoms with Gasteiger partial charge >= 0.3 is 0 Å². The van der Waals surface area contributed by atoms with Gasteiger partial charge in [0, 0.05) is 9.85 Å². The van der Waals surface area contributed by atoms with Crippen molar-refractivity contribution in [2.24, 2.45) is 5.14 Å². The van der Waals surface area contributed by atoms with Crippen molar-refractivity contribution in [1.29, 1.82) is 0 Å². The minimum atomic E-state index is -3.78. The average molecular weight is 363 g/mol. The first-order valence-electron chi connectivity index (χ1n) is 4.78. The van der Waals surface area contributed by atoms with E-state index in [-0.39, 0.29) is 10.6 Å². The van der Waals surface area contributed by atoms with Gasteiger partial charge in [0.15, 0.2) is 5.69 Å². The second-order valence-corrected chi connectivity index (χ2v) is 6.46. The highest BCUT2D eigenvalue weighted by atomic mass is 79.9. The van der Waals surface area contributed by atoms with E-state index < -0.39 is 15.9 Å². The third-order valence-corrected chi connectivity index (χ3v) is 4.18. The van der Waals surface area contributed by atoms with E-state index in [4.69, 9.17) is 5.14 Å². The predicted octanol–water partition coefficient (Wildman–Crippen LogP) is 1.20. The van der Waals surface area contributed by atoms with Gasteiger partial charge in [0.05, 0.1) is 10.6 Å². The van der Waals surface area contributed by atoms with Crippen molar-refractivity contribution in [2.75, 3.05) is 5.32 Å². The molecule has 100 valence electrons. The van der Waals surface area contributed by atoms with Crippen LogP contribution < -0.4 is 10.5 Å². The Morgan fingerprint density at radius 1 is 1.42 bits per heavy atom. The fourth-order valence-electron chi connectivity index (χ4n) is 1.22. The number of nitrogens with one attached hydrogen (secondary N) is 1. The summed E-state index contributed by atoms with van der Waals surface area (Å²) in [5.74, 6) is -0.433. The number of hydrogen-bond donors (Lipinski definition) is 2. The molecule has 0 aliphatic rings. The Labute approximate surface area is 121 Å². The van der Waals surface area contributed by atoms with Crippen molar-refractivity contribution in [3.05, 3.63) is 33.7 Å². The Bertz CT molecular complexity index is 715. The molecule has 2 aromatic rings. The zero-order chi connectivity index (χ0) is 14.0. The van der Waals surface area contributed by atoms with Crippen molar-refractivity contribution < 1.29 is 13.2 Å². The van der Waals surface area contributed by atoms with Crippen LogP contribution in [0, 0.1) is 0 Å². The van der Waals surface area contributed by atoms with Crippen LogP contribution >= 0.6 is 27.5 Å². The molecule has 0 fully saturated rings. The van der Waals surface area contributed by atoms with Crippen LogP contribution in [0.3, 0.4) is 0 Å². The highest BCUT2D eigenvalue weighted by Crippen LogP contribution is 2.25. The summed E-state index contributed by atoms with van der Waals surface area (Å²) in [6.07, 6.45) is 0. The molecule has 0 saturated heterocycles. The van der Waals surface area contributed by atoms with Gasteiger partial charge < -0.3 is 5.32 Å². The fraction of sp³-hybridized carbons (Fsp3) is 0. The van der Waals surface area contributed by atoms with E-state index in [0.717, 1.165) is 11.5 Å². The summed E-state index contributed by atoms with van der Waals surface area (Å²) in [5, 5.41) is 12.7. The summed E-state index contributed by atoms with van der Waals surface area (Å²) in [5.41, 5.74) is 0.595. The van der Waals surface area contributed by atoms with Crippen molar-refractivity contribution in [3.8, 4) is 0 Å². The summed E-state index contributed by atoms with van der Waals surface area (Å²) in [4.78, 5) is 11.7. The molecule has 2 rings (SSSR count). The Balaban J connectivity index is 2.25. The van der Waals surface area contributed by atoms with E-state index in [9.17, 15) is 13.2 Å². The molecule has 0 bridgehead atoms. The molecule has 0 spiro atoms. The molecule has 10 heteroatoms. The molecule has 1 aromatic carbocycles. The largest absolute Gasteiger partial charge is 0.320 e. The number of nitrogens with zero attached hydrogens (tertiary/aromatic N) is 2. The molecular weight excluding hydrogens is 356 g/mol. The number of nitrogens with two attached hydrogens (primary N) is 1. The number of amides is 1. The lowest BCUT2D eigenvalue weighted by atomic mass is 10.3. The summed E-state index contributed by atoms with van der Waals surface area (Å²) in [6.45, 7) is 0. The highest BCUT2D eigenvalue weighted by molar-refractivity contribution is 9.10. The van der Waals surface area contributed by atoms with Crippen molar-refractivity contribution >= 4 is 49.1 Å². The monoisotopic (exact) mass is 362 g/mol. The van der Waals surface area contributed by atoms with E-state index in [1.807, 2.05) is 0 Å². The molecule has 1 aromatic heterocycles. The number of hydrogen-bond acceptors (Lipinski definition) is 6. The number of anilines is 1. The molecule has 0 atom stereocenters. The van der Waals surface area contributed by atoms with Crippen LogP contribution in [0.25, 0.3) is 0 Å². The van der Waals surface area contributed by atoms with Crippen LogP contribution in [0.2, 0.25) is 0 Å². The van der Waals surface area contributed by atoms with Crippen molar-refractivity contribution in [1.82, 2.24) is 9.59 Å². The van der Waals surface area contributed by atoms with Gasteiger partial charge in [0.2, 0.25) is 10.0 Å². The molecule has 0 radical (unpaired) electrons. The summed E-state index contributed by atoms with van der Waals surface area (Å²) in [7, 11) is -3.78. The summed E-state index contributed by atoms with van der Waals surface area (Å²) in [6, 6.07) is 4.04. The van der Waals surface area contributed by atoms with E-state index >= 15 is 0 Å². The van der Waals surface area contributed by atoms with Crippen LogP contribution in [-0.4, -0.2) is 23.9 Å². The van der Waals surface area contributed by atoms with Gasteiger partial charge in [-0.2, -0.15) is 0 Å². The molecule has 19 heavy (non-hydrogen) atoms. The maximum atomic E-state index is 11.7. The second-order valence-electron chi connectivity index (χ2n) is 3.43. The van der Waals surface area contributed by atoms with Crippen LogP contribution in [0.15, 0.2) is 32.9 Å². The number of primary sulfonamides is 1. The molecule has 1 heterocycles. The minimum absolute atomic E-state index is 0.0484. The van der Waals surface area contributed by atoms with E-state index in [0.29, 0.717) is 10.2 Å². The van der Waals surface area contributed by atoms with E-state index in [1.54, 1.807) is 0 Å². The van der Waals surface area contributed by atoms with E-state index in [1.165, 1.54) is 23.6 Å². The van der Waals surface area contributed by atoms with Gasteiger partial charge in [-0.05, 0) is 45.7 Å². The third-order valence-electron chi connectivity index (χ3n) is 2.11. The second kappa shape index (κ2) is 5.33. The van der Waals surface area contributed by atoms with Crippen LogP contribution in [-0.2, 0) is 10.0 Å². The highest BCUT2D eigenvalue weighted by Gasteiger charge is 2.14. The molecule has 3 N–H and O–H groups in total. The molecule has 7 nitrogen and oxygen atoms in total. The van der Waals surface area contributed by atoms with Crippen molar-refractivity contribution in [2.45, 2.75) is 4.90 Å². The first-order valence-corrected chi connectivity index (χ1v) is 7.96. The lowest BCUT2D eigenvalue weighted by molar-refractivity contribution is 0.102. The van der Waals surface area contributed by atoms with Crippen molar-refractivity contribution in [3.63, 3.8) is 0 Å². The number of carbonyl (C=O) groups excluding carboxylic acids is 1. The third kappa shape index (κ3) is 3.35. The number of rotatable bonds is 3. The Hall–Kier alpha value is -1.36. The topological polar surface area (TPSA) is 115 Å². The smallest absolute Gasteiger partial charge is 0.277 e. The maximum absolute atomic E-state index is 11.7. The van der Waals surface area contributed by atoms with Gasteiger partial charge in [-0.25, -0.2) is 13.6 Å². The van der Waals surface area contributed by atoms with Gasteiger partial charge in [-0.1, -0.05) is 4.49 Å². The van der Waals surface area contributed by atoms with Gasteiger partial charge in [0.1, 0.15) is 0 Å². The van der Waals surface area contributed by atoms with E-state index in [2.05, 4.69) is 30.8 Å². The number of carbonyl (C=O) groups is 1. The number of aromatic nitrogens is 2. The SMILES string of the molecule is NS(=O)(=O)c1ccc(NC(=O)c2csnn2)c(Br)c1. The fourth-order valence-corrected chi connectivity index (χ4v) is 2.83. The summed E-state index contributed by atoms with van der Waals surface area (Å²) >= 11 is 4.22. The zero-order valence-electron chi connectivity index (χ0n) is 9.20. The number of halogens is 1. The minimum Gasteiger partial charge on any atom is -0.320 e. The average Bonchev–Trinajstić information content (AvgIpc) is 2.84. The first-order chi connectivity index (χ1) is 8.88. The zero-order valence-corrected chi connectivity index (χ0v) is 12.4. The maximum Gasteiger partial charge on any atom is 0.277 e. The Morgan fingerprint density at radius 3 is 2.68 bits per heavy atom. The predicted molar refractivity (Wildman–Crippen MR) is 73.4 cm³/mol. The molecule has 0 saturated carbocycles. The number of benzene rings is 1. The van der Waals surface area contributed by atoms with Gasteiger partial charge in [-0.3, -0.25) is 4.79 Å². The molecular formula is C9H7BrN4O3S2. The van der Waals surface area contributed by atoms with Crippen LogP contribution in [0.1, 0.15) is 10.5 Å². The lowest BCUT2D eigenvalue weighted by Gasteiger charge is -2.07. The number of sulfonamides is 1. The molecule has 0 aliphatic heterocycles. The normalized spacial score (nSPS) is 11.3. The molecule has 0 aliphatic carbocycles. The standard InChI is InChI=1S/C9H7BrN4O3S2/c10-6-3-5(19(11,16)17)1-2-7(6)12-9(15)8-4-18-14-13-8/h1-4H,(H,12,15)(H2,11,16,17).